The molecule has 4 aromatic rings. The molecule has 1 N–H and O–H groups in total. The van der Waals surface area contributed by atoms with E-state index in [-0.39, 0.29) is 12.4 Å². The molecule has 0 fully saturated rings. The number of aromatic nitrogens is 2. The average molecular weight is 544 g/mol. The van der Waals surface area contributed by atoms with Gasteiger partial charge in [-0.15, -0.1) is 0 Å². The van der Waals surface area contributed by atoms with Gasteiger partial charge in [-0.3, -0.25) is 4.68 Å². The van der Waals surface area contributed by atoms with Gasteiger partial charge in [0.2, 0.25) is 0 Å². The highest BCUT2D eigenvalue weighted by Gasteiger charge is 2.16. The van der Waals surface area contributed by atoms with Crippen molar-refractivity contribution in [1.82, 2.24) is 14.7 Å². The molecule has 0 saturated carbocycles. The zero-order chi connectivity index (χ0) is 23.2. The number of nitrogens with one attached hydrogen (secondary N) is 1. The Balaban J connectivity index is 1.52. The molecule has 0 unspecified atom stereocenters. The zero-order valence-electron chi connectivity index (χ0n) is 17.6. The highest BCUT2D eigenvalue weighted by Crippen LogP contribution is 2.25. The van der Waals surface area contributed by atoms with Crippen LogP contribution in [-0.2, 0) is 19.6 Å². The van der Waals surface area contributed by atoms with Gasteiger partial charge < -0.3 is 10.2 Å². The molecule has 4 nitrogen and oxygen atoms in total. The smallest absolute Gasteiger partial charge is 0.174 e. The average Bonchev–Trinajstić information content (AvgIpc) is 3.16. The fourth-order valence-electron chi connectivity index (χ4n) is 3.41. The van der Waals surface area contributed by atoms with Crippen molar-refractivity contribution < 1.29 is 4.39 Å². The van der Waals surface area contributed by atoms with Crippen LogP contribution in [-0.4, -0.2) is 19.8 Å². The number of halogens is 3. The first-order valence-electron chi connectivity index (χ1n) is 10.3. The lowest BCUT2D eigenvalue weighted by molar-refractivity contribution is 0.413. The molecule has 33 heavy (non-hydrogen) atoms. The Hall–Kier alpha value is -2.74. The third kappa shape index (κ3) is 6.19. The molecule has 1 aromatic heterocycles. The van der Waals surface area contributed by atoms with E-state index in [1.165, 1.54) is 6.07 Å². The van der Waals surface area contributed by atoms with Crippen molar-refractivity contribution in [2.75, 3.05) is 5.32 Å². The third-order valence-electron chi connectivity index (χ3n) is 5.06. The van der Waals surface area contributed by atoms with E-state index >= 15 is 0 Å². The van der Waals surface area contributed by atoms with E-state index < -0.39 is 0 Å². The molecule has 0 aliphatic carbocycles. The number of hydrogen-bond donors (Lipinski definition) is 1. The Morgan fingerprint density at radius 1 is 0.970 bits per heavy atom. The molecule has 0 aliphatic rings. The second-order valence-electron chi connectivity index (χ2n) is 7.49. The van der Waals surface area contributed by atoms with E-state index in [1.807, 2.05) is 36.4 Å². The topological polar surface area (TPSA) is 33.1 Å². The summed E-state index contributed by atoms with van der Waals surface area (Å²) in [5.74, 6) is -0.365. The van der Waals surface area contributed by atoms with E-state index in [0.717, 1.165) is 11.1 Å². The van der Waals surface area contributed by atoms with Crippen LogP contribution in [0.3, 0.4) is 0 Å². The van der Waals surface area contributed by atoms with Gasteiger partial charge >= 0.3 is 0 Å². The van der Waals surface area contributed by atoms with Crippen LogP contribution in [0, 0.1) is 5.82 Å². The molecule has 0 radical (unpaired) electrons. The number of hydrogen-bond acceptors (Lipinski definition) is 2. The summed E-state index contributed by atoms with van der Waals surface area (Å²) in [7, 11) is 0. The summed E-state index contributed by atoms with van der Waals surface area (Å²) in [6.07, 6.45) is 1.78. The molecule has 8 heteroatoms. The number of nitrogens with zero attached hydrogens (tertiary/aromatic N) is 3. The van der Waals surface area contributed by atoms with Crippen molar-refractivity contribution in [3.63, 3.8) is 0 Å². The molecule has 0 spiro atoms. The van der Waals surface area contributed by atoms with Crippen LogP contribution < -0.4 is 5.32 Å². The first kappa shape index (κ1) is 23.4. The summed E-state index contributed by atoms with van der Waals surface area (Å²) in [4.78, 5) is 2.09. The van der Waals surface area contributed by atoms with Gasteiger partial charge in [-0.1, -0.05) is 78.3 Å². The molecule has 3 aromatic carbocycles. The normalized spacial score (nSPS) is 10.8. The molecule has 0 saturated heterocycles. The maximum atomic E-state index is 14.2. The number of benzene rings is 3. The van der Waals surface area contributed by atoms with E-state index in [2.05, 4.69) is 55.5 Å². The predicted molar refractivity (Wildman–Crippen MR) is 139 cm³/mol. The highest BCUT2D eigenvalue weighted by molar-refractivity contribution is 9.10. The Morgan fingerprint density at radius 2 is 1.58 bits per heavy atom. The highest BCUT2D eigenvalue weighted by atomic mass is 79.9. The number of anilines is 1. The van der Waals surface area contributed by atoms with Crippen molar-refractivity contribution >= 4 is 50.5 Å². The lowest BCUT2D eigenvalue weighted by Gasteiger charge is -2.26. The molecule has 0 amide bonds. The van der Waals surface area contributed by atoms with Crippen LogP contribution in [0.1, 0.15) is 16.7 Å². The fraction of sp³-hybridized carbons (Fsp3) is 0.120. The van der Waals surface area contributed by atoms with E-state index in [4.69, 9.17) is 23.8 Å². The van der Waals surface area contributed by atoms with Crippen LogP contribution in [0.4, 0.5) is 10.1 Å². The van der Waals surface area contributed by atoms with Crippen LogP contribution in [0.5, 0.6) is 0 Å². The monoisotopic (exact) mass is 542 g/mol. The molecule has 0 aliphatic heterocycles. The quantitative estimate of drug-likeness (QED) is 0.257. The predicted octanol–water partition coefficient (Wildman–Crippen LogP) is 6.89. The molecular weight excluding hydrogens is 523 g/mol. The van der Waals surface area contributed by atoms with Crippen LogP contribution in [0.15, 0.2) is 89.7 Å². The zero-order valence-corrected chi connectivity index (χ0v) is 20.7. The molecular formula is C25H21BrClFN4S. The minimum Gasteiger partial charge on any atom is -0.340 e. The van der Waals surface area contributed by atoms with Gasteiger partial charge in [-0.2, -0.15) is 5.10 Å². The summed E-state index contributed by atoms with van der Waals surface area (Å²) in [6.45, 7) is 1.51. The van der Waals surface area contributed by atoms with Crippen LogP contribution in [0.2, 0.25) is 5.02 Å². The van der Waals surface area contributed by atoms with Gasteiger partial charge in [-0.25, -0.2) is 4.39 Å². The lowest BCUT2D eigenvalue weighted by atomic mass is 10.2. The van der Waals surface area contributed by atoms with Crippen molar-refractivity contribution in [3.8, 4) is 0 Å². The number of thiocarbonyl (C=S) groups is 1. The van der Waals surface area contributed by atoms with Crippen molar-refractivity contribution in [2.24, 2.45) is 0 Å². The van der Waals surface area contributed by atoms with E-state index in [1.54, 1.807) is 23.0 Å². The van der Waals surface area contributed by atoms with Gasteiger partial charge in [0.25, 0.3) is 0 Å². The van der Waals surface area contributed by atoms with Gasteiger partial charge in [-0.05, 0) is 51.4 Å². The van der Waals surface area contributed by atoms with Crippen LogP contribution >= 0.6 is 39.7 Å². The molecule has 0 bridgehead atoms. The molecule has 4 rings (SSSR count). The summed E-state index contributed by atoms with van der Waals surface area (Å²) in [6, 6.07) is 25.0. The van der Waals surface area contributed by atoms with Crippen molar-refractivity contribution in [1.29, 1.82) is 0 Å². The SMILES string of the molecule is Fc1cccc(Cl)c1Cn1cc(NC(=S)N(Cc2ccccc2)Cc2ccccc2)c(Br)n1. The summed E-state index contributed by atoms with van der Waals surface area (Å²) < 4.78 is 16.4. The summed E-state index contributed by atoms with van der Waals surface area (Å²) in [5.41, 5.74) is 3.39. The molecule has 1 heterocycles. The molecule has 168 valence electrons. The minimum absolute atomic E-state index is 0.205. The Bertz CT molecular complexity index is 1170. The largest absolute Gasteiger partial charge is 0.340 e. The van der Waals surface area contributed by atoms with Crippen molar-refractivity contribution in [2.45, 2.75) is 19.6 Å². The van der Waals surface area contributed by atoms with E-state index in [0.29, 0.717) is 39.1 Å². The van der Waals surface area contributed by atoms with Gasteiger partial charge in [0.1, 0.15) is 5.82 Å². The Labute approximate surface area is 211 Å². The maximum Gasteiger partial charge on any atom is 0.174 e. The summed E-state index contributed by atoms with van der Waals surface area (Å²) >= 11 is 15.4. The number of rotatable bonds is 7. The minimum atomic E-state index is -0.365. The van der Waals surface area contributed by atoms with Crippen molar-refractivity contribution in [3.05, 3.63) is 117 Å². The first-order valence-corrected chi connectivity index (χ1v) is 11.9. The molecule has 0 atom stereocenters. The van der Waals surface area contributed by atoms with Crippen LogP contribution in [0.25, 0.3) is 0 Å². The first-order chi connectivity index (χ1) is 16.0. The van der Waals surface area contributed by atoms with Gasteiger partial charge in [0.15, 0.2) is 9.72 Å². The Kier molecular flexibility index (Phi) is 7.75. The summed E-state index contributed by atoms with van der Waals surface area (Å²) in [5, 5.41) is 8.65. The second kappa shape index (κ2) is 10.9. The third-order valence-corrected chi connectivity index (χ3v) is 6.36. The second-order valence-corrected chi connectivity index (χ2v) is 9.03. The van der Waals surface area contributed by atoms with E-state index in [9.17, 15) is 4.39 Å². The standard InChI is InChI=1S/C25H21BrClFN4S/c26-24-23(17-32(30-24)16-20-21(27)12-7-13-22(20)28)29-25(33)31(14-18-8-3-1-4-9-18)15-19-10-5-2-6-11-19/h1-13,17H,14-16H2,(H,29,33). The van der Waals surface area contributed by atoms with Gasteiger partial charge in [0, 0.05) is 23.7 Å². The Morgan fingerprint density at radius 3 is 2.15 bits per heavy atom. The maximum absolute atomic E-state index is 14.2. The lowest BCUT2D eigenvalue weighted by Crippen LogP contribution is -2.33. The fourth-order valence-corrected chi connectivity index (χ4v) is 4.28. The van der Waals surface area contributed by atoms with Gasteiger partial charge in [0.05, 0.1) is 18.4 Å².